The van der Waals surface area contributed by atoms with Crippen molar-refractivity contribution >= 4 is 39.1 Å². The highest BCUT2D eigenvalue weighted by Gasteiger charge is 2.13. The van der Waals surface area contributed by atoms with E-state index in [2.05, 4.69) is 21.2 Å². The number of hydrogen-bond donors (Lipinski definition) is 1. The van der Waals surface area contributed by atoms with Gasteiger partial charge in [0.15, 0.2) is 0 Å². The van der Waals surface area contributed by atoms with Gasteiger partial charge < -0.3 is 5.32 Å². The van der Waals surface area contributed by atoms with Gasteiger partial charge in [0, 0.05) is 10.7 Å². The Labute approximate surface area is 103 Å². The largest absolute Gasteiger partial charge is 0.325 e. The second-order valence-corrected chi connectivity index (χ2v) is 4.87. The van der Waals surface area contributed by atoms with E-state index in [0.717, 1.165) is 17.7 Å². The molecule has 1 aromatic rings. The summed E-state index contributed by atoms with van der Waals surface area (Å²) in [5, 5.41) is 3.46. The fourth-order valence-corrected chi connectivity index (χ4v) is 1.41. The number of nitrogens with one attached hydrogen (secondary N) is 1. The monoisotopic (exact) mass is 289 g/mol. The summed E-state index contributed by atoms with van der Waals surface area (Å²) in [5.41, 5.74) is 1.77. The maximum absolute atomic E-state index is 11.6. The number of alkyl halides is 1. The molecule has 0 radical (unpaired) electrons. The molecule has 1 amide bonds. The average Bonchev–Trinajstić information content (AvgIpc) is 2.22. The van der Waals surface area contributed by atoms with Gasteiger partial charge in [0.2, 0.25) is 5.91 Å². The van der Waals surface area contributed by atoms with Gasteiger partial charge in [-0.3, -0.25) is 4.79 Å². The van der Waals surface area contributed by atoms with Crippen LogP contribution in [0.2, 0.25) is 5.02 Å². The van der Waals surface area contributed by atoms with Crippen molar-refractivity contribution in [3.63, 3.8) is 0 Å². The van der Waals surface area contributed by atoms with Crippen molar-refractivity contribution in [1.29, 1.82) is 0 Å². The molecule has 1 N–H and O–H groups in total. The van der Waals surface area contributed by atoms with Crippen LogP contribution in [-0.2, 0) is 4.79 Å². The van der Waals surface area contributed by atoms with Crippen LogP contribution in [0.4, 0.5) is 5.69 Å². The van der Waals surface area contributed by atoms with Crippen molar-refractivity contribution in [2.75, 3.05) is 5.32 Å². The Morgan fingerprint density at radius 3 is 2.87 bits per heavy atom. The van der Waals surface area contributed by atoms with Crippen molar-refractivity contribution in [3.05, 3.63) is 28.8 Å². The molecule has 1 unspecified atom stereocenters. The fraction of sp³-hybridized carbons (Fsp3) is 0.364. The molecule has 0 aliphatic heterocycles. The molecule has 0 saturated carbocycles. The van der Waals surface area contributed by atoms with Gasteiger partial charge >= 0.3 is 0 Å². The predicted octanol–water partition coefficient (Wildman–Crippen LogP) is 3.76. The third-order valence-corrected chi connectivity index (χ3v) is 3.40. The first-order valence-electron chi connectivity index (χ1n) is 4.75. The van der Waals surface area contributed by atoms with Crippen molar-refractivity contribution in [2.45, 2.75) is 25.1 Å². The molecule has 1 aromatic carbocycles. The number of halogens is 2. The zero-order valence-corrected chi connectivity index (χ0v) is 11.0. The molecule has 1 rings (SSSR count). The smallest absolute Gasteiger partial charge is 0.238 e. The third kappa shape index (κ3) is 3.50. The first-order chi connectivity index (χ1) is 7.04. The second kappa shape index (κ2) is 5.52. The predicted molar refractivity (Wildman–Crippen MR) is 67.8 cm³/mol. The van der Waals surface area contributed by atoms with Crippen LogP contribution in [0.1, 0.15) is 18.9 Å². The molecule has 0 bridgehead atoms. The van der Waals surface area contributed by atoms with Gasteiger partial charge in [0.05, 0.1) is 4.83 Å². The zero-order chi connectivity index (χ0) is 11.4. The lowest BCUT2D eigenvalue weighted by atomic mass is 10.2. The number of carbonyl (C=O) groups is 1. The molecule has 0 aromatic heterocycles. The van der Waals surface area contributed by atoms with E-state index in [1.165, 1.54) is 0 Å². The number of carbonyl (C=O) groups excluding carboxylic acids is 1. The average molecular weight is 291 g/mol. The highest BCUT2D eigenvalue weighted by atomic mass is 79.9. The highest BCUT2D eigenvalue weighted by molar-refractivity contribution is 9.10. The topological polar surface area (TPSA) is 29.1 Å². The molecular weight excluding hydrogens is 277 g/mol. The van der Waals surface area contributed by atoms with Gasteiger partial charge in [-0.2, -0.15) is 0 Å². The fourth-order valence-electron chi connectivity index (χ4n) is 1.13. The number of benzene rings is 1. The number of aryl methyl sites for hydroxylation is 1. The van der Waals surface area contributed by atoms with Crippen LogP contribution >= 0.6 is 27.5 Å². The standard InChI is InChI=1S/C11H13BrClNO/c1-3-9(12)11(15)14-10-6-8(13)5-4-7(10)2/h4-6,9H,3H2,1-2H3,(H,14,15). The lowest BCUT2D eigenvalue weighted by Crippen LogP contribution is -2.22. The molecule has 2 nitrogen and oxygen atoms in total. The van der Waals surface area contributed by atoms with E-state index in [4.69, 9.17) is 11.6 Å². The van der Waals surface area contributed by atoms with Gasteiger partial charge in [-0.1, -0.05) is 40.5 Å². The lowest BCUT2D eigenvalue weighted by Gasteiger charge is -2.11. The van der Waals surface area contributed by atoms with E-state index < -0.39 is 0 Å². The van der Waals surface area contributed by atoms with Gasteiger partial charge in [0.1, 0.15) is 0 Å². The minimum Gasteiger partial charge on any atom is -0.325 e. The number of rotatable bonds is 3. The maximum atomic E-state index is 11.6. The summed E-state index contributed by atoms with van der Waals surface area (Å²) >= 11 is 9.15. The van der Waals surface area contributed by atoms with Crippen LogP contribution in [-0.4, -0.2) is 10.7 Å². The van der Waals surface area contributed by atoms with Crippen LogP contribution in [0.25, 0.3) is 0 Å². The van der Waals surface area contributed by atoms with E-state index in [0.29, 0.717) is 5.02 Å². The van der Waals surface area contributed by atoms with Crippen molar-refractivity contribution < 1.29 is 4.79 Å². The summed E-state index contributed by atoms with van der Waals surface area (Å²) in [7, 11) is 0. The van der Waals surface area contributed by atoms with E-state index in [9.17, 15) is 4.79 Å². The molecule has 0 aliphatic rings. The summed E-state index contributed by atoms with van der Waals surface area (Å²) in [6.45, 7) is 3.88. The Balaban J connectivity index is 2.80. The van der Waals surface area contributed by atoms with Crippen LogP contribution in [0.5, 0.6) is 0 Å². The van der Waals surface area contributed by atoms with Crippen molar-refractivity contribution in [1.82, 2.24) is 0 Å². The Hall–Kier alpha value is -0.540. The molecular formula is C11H13BrClNO. The normalized spacial score (nSPS) is 12.3. The molecule has 0 aliphatic carbocycles. The van der Waals surface area contributed by atoms with Gasteiger partial charge in [-0.05, 0) is 31.0 Å². The van der Waals surface area contributed by atoms with E-state index in [1.807, 2.05) is 19.9 Å². The van der Waals surface area contributed by atoms with Crippen molar-refractivity contribution in [2.24, 2.45) is 0 Å². The Morgan fingerprint density at radius 1 is 1.60 bits per heavy atom. The second-order valence-electron chi connectivity index (χ2n) is 3.32. The number of hydrogen-bond acceptors (Lipinski definition) is 1. The molecule has 0 fully saturated rings. The van der Waals surface area contributed by atoms with E-state index in [1.54, 1.807) is 12.1 Å². The Morgan fingerprint density at radius 2 is 2.27 bits per heavy atom. The highest BCUT2D eigenvalue weighted by Crippen LogP contribution is 2.21. The van der Waals surface area contributed by atoms with Crippen LogP contribution in [0.15, 0.2) is 18.2 Å². The Kier molecular flexibility index (Phi) is 4.61. The van der Waals surface area contributed by atoms with Crippen molar-refractivity contribution in [3.8, 4) is 0 Å². The number of anilines is 1. The zero-order valence-electron chi connectivity index (χ0n) is 8.68. The number of amides is 1. The molecule has 82 valence electrons. The molecule has 0 saturated heterocycles. The van der Waals surface area contributed by atoms with E-state index >= 15 is 0 Å². The minimum absolute atomic E-state index is 0.0390. The quantitative estimate of drug-likeness (QED) is 0.844. The molecule has 0 heterocycles. The van der Waals surface area contributed by atoms with Crippen LogP contribution < -0.4 is 5.32 Å². The molecule has 1 atom stereocenters. The summed E-state index contributed by atoms with van der Waals surface area (Å²) in [6, 6.07) is 5.44. The van der Waals surface area contributed by atoms with Crippen LogP contribution in [0.3, 0.4) is 0 Å². The first kappa shape index (κ1) is 12.5. The molecule has 4 heteroatoms. The molecule has 15 heavy (non-hydrogen) atoms. The third-order valence-electron chi connectivity index (χ3n) is 2.10. The van der Waals surface area contributed by atoms with E-state index in [-0.39, 0.29) is 10.7 Å². The SMILES string of the molecule is CCC(Br)C(=O)Nc1cc(Cl)ccc1C. The summed E-state index contributed by atoms with van der Waals surface area (Å²) in [5.74, 6) is -0.0390. The van der Waals surface area contributed by atoms with Crippen LogP contribution in [0, 0.1) is 6.92 Å². The maximum Gasteiger partial charge on any atom is 0.238 e. The van der Waals surface area contributed by atoms with Gasteiger partial charge in [0.25, 0.3) is 0 Å². The molecule has 0 spiro atoms. The Bertz CT molecular complexity index is 368. The minimum atomic E-state index is -0.157. The lowest BCUT2D eigenvalue weighted by molar-refractivity contribution is -0.115. The summed E-state index contributed by atoms with van der Waals surface area (Å²) < 4.78 is 0. The van der Waals surface area contributed by atoms with Gasteiger partial charge in [-0.15, -0.1) is 0 Å². The summed E-state index contributed by atoms with van der Waals surface area (Å²) in [6.07, 6.45) is 0.755. The first-order valence-corrected chi connectivity index (χ1v) is 6.05. The summed E-state index contributed by atoms with van der Waals surface area (Å²) in [4.78, 5) is 11.4. The van der Waals surface area contributed by atoms with Gasteiger partial charge in [-0.25, -0.2) is 0 Å².